The summed E-state index contributed by atoms with van der Waals surface area (Å²) in [5.41, 5.74) is 2.20. The van der Waals surface area contributed by atoms with E-state index >= 15 is 0 Å². The Morgan fingerprint density at radius 2 is 2.00 bits per heavy atom. The molecule has 106 valence electrons. The average molecular weight is 291 g/mol. The number of aromatic nitrogens is 1. The second kappa shape index (κ2) is 7.27. The number of rotatable bonds is 6. The fourth-order valence-corrected chi connectivity index (χ4v) is 1.95. The van der Waals surface area contributed by atoms with Gasteiger partial charge in [-0.3, -0.25) is 0 Å². The molecule has 3 nitrogen and oxygen atoms in total. The summed E-state index contributed by atoms with van der Waals surface area (Å²) in [5, 5.41) is 3.98. The molecule has 1 aromatic heterocycles. The summed E-state index contributed by atoms with van der Waals surface area (Å²) in [6.45, 7) is 5.86. The van der Waals surface area contributed by atoms with Gasteiger partial charge in [-0.1, -0.05) is 36.2 Å². The van der Waals surface area contributed by atoms with Gasteiger partial charge in [0.15, 0.2) is 0 Å². The third-order valence-electron chi connectivity index (χ3n) is 2.90. The summed E-state index contributed by atoms with van der Waals surface area (Å²) in [7, 11) is 0. The van der Waals surface area contributed by atoms with Crippen LogP contribution in [0, 0.1) is 6.92 Å². The van der Waals surface area contributed by atoms with E-state index in [0.29, 0.717) is 10.9 Å². The number of aryl methyl sites for hydroxylation is 1. The number of hydrogen-bond acceptors (Lipinski definition) is 3. The van der Waals surface area contributed by atoms with Crippen LogP contribution in [-0.2, 0) is 6.54 Å². The molecule has 4 heteroatoms. The minimum absolute atomic E-state index is 0.562. The van der Waals surface area contributed by atoms with Crippen LogP contribution in [0.3, 0.4) is 0 Å². The van der Waals surface area contributed by atoms with Gasteiger partial charge in [-0.25, -0.2) is 4.98 Å². The van der Waals surface area contributed by atoms with Crippen LogP contribution in [0.15, 0.2) is 36.5 Å². The molecule has 1 aromatic carbocycles. The van der Waals surface area contributed by atoms with Crippen molar-refractivity contribution >= 4 is 11.6 Å². The highest BCUT2D eigenvalue weighted by Gasteiger charge is 2.05. The molecule has 0 saturated heterocycles. The van der Waals surface area contributed by atoms with E-state index in [1.165, 1.54) is 5.56 Å². The van der Waals surface area contributed by atoms with Crippen molar-refractivity contribution in [2.75, 3.05) is 6.54 Å². The van der Waals surface area contributed by atoms with Crippen molar-refractivity contribution < 1.29 is 4.74 Å². The quantitative estimate of drug-likeness (QED) is 0.804. The van der Waals surface area contributed by atoms with Gasteiger partial charge in [-0.05, 0) is 37.6 Å². The highest BCUT2D eigenvalue weighted by Crippen LogP contribution is 2.24. The van der Waals surface area contributed by atoms with Crippen LogP contribution in [0.25, 0.3) is 0 Å². The van der Waals surface area contributed by atoms with Gasteiger partial charge in [0, 0.05) is 18.8 Å². The van der Waals surface area contributed by atoms with E-state index < -0.39 is 0 Å². The molecule has 0 radical (unpaired) electrons. The lowest BCUT2D eigenvalue weighted by molar-refractivity contribution is 0.461. The lowest BCUT2D eigenvalue weighted by atomic mass is 10.2. The first-order valence-electron chi connectivity index (χ1n) is 6.78. The summed E-state index contributed by atoms with van der Waals surface area (Å²) >= 11 is 6.14. The summed E-state index contributed by atoms with van der Waals surface area (Å²) < 4.78 is 5.74. The molecule has 20 heavy (non-hydrogen) atoms. The fraction of sp³-hybridized carbons (Fsp3) is 0.312. The van der Waals surface area contributed by atoms with Crippen molar-refractivity contribution in [3.05, 3.63) is 52.7 Å². The molecule has 0 aliphatic heterocycles. The number of benzene rings is 1. The van der Waals surface area contributed by atoms with Crippen molar-refractivity contribution in [3.63, 3.8) is 0 Å². The van der Waals surface area contributed by atoms with Crippen molar-refractivity contribution in [2.24, 2.45) is 0 Å². The van der Waals surface area contributed by atoms with Gasteiger partial charge in [0.1, 0.15) is 5.75 Å². The maximum absolute atomic E-state index is 6.14. The second-order valence-electron chi connectivity index (χ2n) is 4.71. The molecule has 0 bridgehead atoms. The first-order valence-corrected chi connectivity index (χ1v) is 7.16. The molecule has 0 spiro atoms. The minimum atomic E-state index is 0.562. The molecule has 0 atom stereocenters. The van der Waals surface area contributed by atoms with E-state index in [1.54, 1.807) is 6.20 Å². The fourth-order valence-electron chi connectivity index (χ4n) is 1.78. The first-order chi connectivity index (χ1) is 9.69. The van der Waals surface area contributed by atoms with Crippen LogP contribution in [-0.4, -0.2) is 11.5 Å². The van der Waals surface area contributed by atoms with Crippen LogP contribution in [0.4, 0.5) is 0 Å². The van der Waals surface area contributed by atoms with Crippen LogP contribution in [0.1, 0.15) is 24.5 Å². The van der Waals surface area contributed by atoms with Gasteiger partial charge in [0.25, 0.3) is 0 Å². The van der Waals surface area contributed by atoms with E-state index in [2.05, 4.69) is 17.2 Å². The van der Waals surface area contributed by atoms with Gasteiger partial charge < -0.3 is 10.1 Å². The van der Waals surface area contributed by atoms with Gasteiger partial charge in [-0.2, -0.15) is 0 Å². The van der Waals surface area contributed by atoms with Crippen molar-refractivity contribution in [3.8, 4) is 11.6 Å². The number of ether oxygens (including phenoxy) is 1. The van der Waals surface area contributed by atoms with E-state index in [0.717, 1.165) is 30.8 Å². The maximum atomic E-state index is 6.14. The van der Waals surface area contributed by atoms with Gasteiger partial charge in [0.05, 0.1) is 5.02 Å². The van der Waals surface area contributed by atoms with Crippen LogP contribution < -0.4 is 10.1 Å². The highest BCUT2D eigenvalue weighted by atomic mass is 35.5. The predicted octanol–water partition coefficient (Wildman–Crippen LogP) is 4.34. The molecular formula is C16H19ClN2O. The van der Waals surface area contributed by atoms with Gasteiger partial charge >= 0.3 is 0 Å². The smallest absolute Gasteiger partial charge is 0.219 e. The molecule has 0 aliphatic rings. The van der Waals surface area contributed by atoms with Gasteiger partial charge in [-0.15, -0.1) is 0 Å². The molecule has 1 heterocycles. The molecular weight excluding hydrogens is 272 g/mol. The third kappa shape index (κ3) is 4.22. The molecule has 0 unspecified atom stereocenters. The van der Waals surface area contributed by atoms with E-state index in [4.69, 9.17) is 16.3 Å². The predicted molar refractivity (Wildman–Crippen MR) is 82.5 cm³/mol. The molecule has 0 saturated carbocycles. The number of nitrogens with one attached hydrogen (secondary N) is 1. The molecule has 2 rings (SSSR count). The monoisotopic (exact) mass is 290 g/mol. The Balaban J connectivity index is 2.08. The standard InChI is InChI=1S/C16H19ClN2O/c1-3-8-18-10-13-9-16(19-11-15(13)17)20-14-6-4-12(2)5-7-14/h4-7,9,11,18H,3,8,10H2,1-2H3. The van der Waals surface area contributed by atoms with E-state index in [9.17, 15) is 0 Å². The number of hydrogen-bond donors (Lipinski definition) is 1. The summed E-state index contributed by atoms with van der Waals surface area (Å²) in [6, 6.07) is 9.76. The van der Waals surface area contributed by atoms with E-state index in [-0.39, 0.29) is 0 Å². The molecule has 0 aliphatic carbocycles. The Morgan fingerprint density at radius 1 is 1.25 bits per heavy atom. The summed E-state index contributed by atoms with van der Waals surface area (Å²) in [5.74, 6) is 1.34. The number of pyridine rings is 1. The zero-order valence-corrected chi connectivity index (χ0v) is 12.6. The Labute approximate surface area is 124 Å². The Morgan fingerprint density at radius 3 is 2.70 bits per heavy atom. The zero-order valence-electron chi connectivity index (χ0n) is 11.8. The lowest BCUT2D eigenvalue weighted by Crippen LogP contribution is -2.14. The molecule has 2 aromatic rings. The highest BCUT2D eigenvalue weighted by molar-refractivity contribution is 6.31. The number of nitrogens with zero attached hydrogens (tertiary/aromatic N) is 1. The Kier molecular flexibility index (Phi) is 5.39. The summed E-state index contributed by atoms with van der Waals surface area (Å²) in [6.07, 6.45) is 2.73. The zero-order chi connectivity index (χ0) is 14.4. The van der Waals surface area contributed by atoms with Crippen LogP contribution >= 0.6 is 11.6 Å². The third-order valence-corrected chi connectivity index (χ3v) is 3.24. The van der Waals surface area contributed by atoms with Crippen LogP contribution in [0.5, 0.6) is 11.6 Å². The minimum Gasteiger partial charge on any atom is -0.439 e. The molecule has 0 fully saturated rings. The molecule has 1 N–H and O–H groups in total. The SMILES string of the molecule is CCCNCc1cc(Oc2ccc(C)cc2)ncc1Cl. The first kappa shape index (κ1) is 14.8. The molecule has 0 amide bonds. The topological polar surface area (TPSA) is 34.1 Å². The van der Waals surface area contributed by atoms with Gasteiger partial charge in [0.2, 0.25) is 5.88 Å². The normalized spacial score (nSPS) is 10.6. The summed E-state index contributed by atoms with van der Waals surface area (Å²) in [4.78, 5) is 4.20. The van der Waals surface area contributed by atoms with E-state index in [1.807, 2.05) is 37.3 Å². The lowest BCUT2D eigenvalue weighted by Gasteiger charge is -2.09. The maximum Gasteiger partial charge on any atom is 0.219 e. The van der Waals surface area contributed by atoms with Crippen LogP contribution in [0.2, 0.25) is 5.02 Å². The van der Waals surface area contributed by atoms with Crippen molar-refractivity contribution in [1.29, 1.82) is 0 Å². The van der Waals surface area contributed by atoms with Crippen molar-refractivity contribution in [1.82, 2.24) is 10.3 Å². The number of halogens is 1. The Bertz CT molecular complexity index is 555. The Hall–Kier alpha value is -1.58. The van der Waals surface area contributed by atoms with Crippen molar-refractivity contribution in [2.45, 2.75) is 26.8 Å². The average Bonchev–Trinajstić information content (AvgIpc) is 2.45. The largest absolute Gasteiger partial charge is 0.439 e. The second-order valence-corrected chi connectivity index (χ2v) is 5.11.